The first kappa shape index (κ1) is 27.1. The first-order valence-electron chi connectivity index (χ1n) is 13.3. The van der Waals surface area contributed by atoms with E-state index in [2.05, 4.69) is 46.1 Å². The van der Waals surface area contributed by atoms with Crippen molar-refractivity contribution in [3.63, 3.8) is 0 Å². The van der Waals surface area contributed by atoms with Gasteiger partial charge in [0.15, 0.2) is 0 Å². The molecule has 1 saturated heterocycles. The molecule has 2 aliphatic heterocycles. The molecule has 0 radical (unpaired) electrons. The normalized spacial score (nSPS) is 18.9. The second-order valence-corrected chi connectivity index (χ2v) is 12.4. The van der Waals surface area contributed by atoms with Crippen LogP contribution in [0.5, 0.6) is 0 Å². The van der Waals surface area contributed by atoms with Gasteiger partial charge in [-0.15, -0.1) is 0 Å². The summed E-state index contributed by atoms with van der Waals surface area (Å²) >= 11 is 0. The van der Waals surface area contributed by atoms with Crippen molar-refractivity contribution in [3.8, 4) is 0 Å². The van der Waals surface area contributed by atoms with Crippen molar-refractivity contribution in [2.24, 2.45) is 0 Å². The number of carbonyl (C=O) groups is 1. The SMILES string of the molecule is CC(C)N1CCN(S(=O)(=O)c2ccc(Nc3cc4c(cn3)N(C)C(=O)C(C)N4Cc3ccccc3)cc2)CC1. The molecular formula is C29H36N6O3S. The molecule has 206 valence electrons. The van der Waals surface area contributed by atoms with E-state index in [4.69, 9.17) is 0 Å². The van der Waals surface area contributed by atoms with E-state index in [9.17, 15) is 13.2 Å². The Hall–Kier alpha value is -3.47. The molecule has 1 fully saturated rings. The summed E-state index contributed by atoms with van der Waals surface area (Å²) in [5, 5.41) is 3.30. The molecule has 1 atom stereocenters. The Bertz CT molecular complexity index is 1420. The van der Waals surface area contributed by atoms with Gasteiger partial charge < -0.3 is 15.1 Å². The summed E-state index contributed by atoms with van der Waals surface area (Å²) in [5.41, 5.74) is 3.50. The maximum absolute atomic E-state index is 13.2. The largest absolute Gasteiger partial charge is 0.354 e. The van der Waals surface area contributed by atoms with Crippen molar-refractivity contribution >= 4 is 38.8 Å². The van der Waals surface area contributed by atoms with Crippen molar-refractivity contribution in [1.82, 2.24) is 14.2 Å². The number of nitrogens with zero attached hydrogens (tertiary/aromatic N) is 5. The number of sulfonamides is 1. The summed E-state index contributed by atoms with van der Waals surface area (Å²) in [7, 11) is -1.78. The fourth-order valence-corrected chi connectivity index (χ4v) is 6.63. The average molecular weight is 549 g/mol. The number of amides is 1. The van der Waals surface area contributed by atoms with Crippen LogP contribution in [0.3, 0.4) is 0 Å². The van der Waals surface area contributed by atoms with Crippen LogP contribution < -0.4 is 15.1 Å². The number of nitrogens with one attached hydrogen (secondary N) is 1. The van der Waals surface area contributed by atoms with Gasteiger partial charge in [-0.25, -0.2) is 13.4 Å². The van der Waals surface area contributed by atoms with Crippen molar-refractivity contribution in [3.05, 3.63) is 72.4 Å². The van der Waals surface area contributed by atoms with Crippen molar-refractivity contribution in [2.75, 3.05) is 48.3 Å². The topological polar surface area (TPSA) is 89.1 Å². The van der Waals surface area contributed by atoms with E-state index in [1.807, 2.05) is 31.2 Å². The van der Waals surface area contributed by atoms with Gasteiger partial charge >= 0.3 is 0 Å². The van der Waals surface area contributed by atoms with Crippen LogP contribution in [-0.2, 0) is 21.4 Å². The Labute approximate surface area is 231 Å². The van der Waals surface area contributed by atoms with E-state index in [1.54, 1.807) is 46.7 Å². The predicted octanol–water partition coefficient (Wildman–Crippen LogP) is 3.91. The second kappa shape index (κ2) is 11.0. The number of likely N-dealkylation sites (N-methyl/N-ethyl adjacent to an activating group) is 1. The van der Waals surface area contributed by atoms with Gasteiger partial charge in [0.1, 0.15) is 11.9 Å². The average Bonchev–Trinajstić information content (AvgIpc) is 2.95. The van der Waals surface area contributed by atoms with Crippen LogP contribution in [0.2, 0.25) is 0 Å². The minimum atomic E-state index is -3.55. The molecule has 3 heterocycles. The Morgan fingerprint density at radius 3 is 2.28 bits per heavy atom. The van der Waals surface area contributed by atoms with Crippen LogP contribution in [0.1, 0.15) is 26.3 Å². The van der Waals surface area contributed by atoms with Gasteiger partial charge in [-0.1, -0.05) is 30.3 Å². The summed E-state index contributed by atoms with van der Waals surface area (Å²) < 4.78 is 28.0. The van der Waals surface area contributed by atoms with Gasteiger partial charge in [0.2, 0.25) is 15.9 Å². The number of pyridine rings is 1. The summed E-state index contributed by atoms with van der Waals surface area (Å²) in [5.74, 6) is 0.630. The number of fused-ring (bicyclic) bond motifs is 1. The number of piperazine rings is 1. The molecule has 0 bridgehead atoms. The highest BCUT2D eigenvalue weighted by atomic mass is 32.2. The van der Waals surface area contributed by atoms with Crippen LogP contribution in [0.4, 0.5) is 22.9 Å². The van der Waals surface area contributed by atoms with E-state index in [-0.39, 0.29) is 16.8 Å². The van der Waals surface area contributed by atoms with E-state index in [1.165, 1.54) is 0 Å². The minimum absolute atomic E-state index is 0.0170. The van der Waals surface area contributed by atoms with Crippen LogP contribution >= 0.6 is 0 Å². The molecule has 1 unspecified atom stereocenters. The maximum atomic E-state index is 13.2. The summed E-state index contributed by atoms with van der Waals surface area (Å²) in [6.45, 7) is 9.24. The second-order valence-electron chi connectivity index (χ2n) is 10.4. The van der Waals surface area contributed by atoms with Crippen molar-refractivity contribution < 1.29 is 13.2 Å². The number of hydrogen-bond acceptors (Lipinski definition) is 7. The van der Waals surface area contributed by atoms with E-state index in [0.717, 1.165) is 35.7 Å². The fraction of sp³-hybridized carbons (Fsp3) is 0.379. The molecule has 2 aromatic carbocycles. The number of anilines is 4. The molecule has 0 saturated carbocycles. The zero-order valence-corrected chi connectivity index (χ0v) is 23.7. The fourth-order valence-electron chi connectivity index (χ4n) is 5.21. The van der Waals surface area contributed by atoms with E-state index >= 15 is 0 Å². The molecule has 1 amide bonds. The lowest BCUT2D eigenvalue weighted by Gasteiger charge is -2.40. The third-order valence-electron chi connectivity index (χ3n) is 7.65. The monoisotopic (exact) mass is 548 g/mol. The van der Waals surface area contributed by atoms with E-state index in [0.29, 0.717) is 31.5 Å². The lowest BCUT2D eigenvalue weighted by atomic mass is 10.1. The zero-order valence-electron chi connectivity index (χ0n) is 22.9. The first-order valence-corrected chi connectivity index (χ1v) is 14.8. The van der Waals surface area contributed by atoms with Crippen molar-refractivity contribution in [1.29, 1.82) is 0 Å². The molecule has 9 nitrogen and oxygen atoms in total. The zero-order chi connectivity index (χ0) is 27.7. The quantitative estimate of drug-likeness (QED) is 0.479. The van der Waals surface area contributed by atoms with Gasteiger partial charge in [-0.2, -0.15) is 4.31 Å². The Morgan fingerprint density at radius 1 is 0.974 bits per heavy atom. The summed E-state index contributed by atoms with van der Waals surface area (Å²) in [6.07, 6.45) is 1.70. The molecule has 0 aliphatic carbocycles. The highest BCUT2D eigenvalue weighted by Crippen LogP contribution is 2.38. The molecule has 0 spiro atoms. The molecule has 2 aliphatic rings. The summed E-state index contributed by atoms with van der Waals surface area (Å²) in [6, 6.07) is 18.9. The molecule has 39 heavy (non-hydrogen) atoms. The molecule has 3 aromatic rings. The molecule has 1 aromatic heterocycles. The summed E-state index contributed by atoms with van der Waals surface area (Å²) in [4.78, 5) is 23.8. The van der Waals surface area contributed by atoms with Gasteiger partial charge in [0.05, 0.1) is 22.5 Å². The van der Waals surface area contributed by atoms with Gasteiger partial charge in [0, 0.05) is 57.6 Å². The van der Waals surface area contributed by atoms with Gasteiger partial charge in [-0.05, 0) is 50.6 Å². The predicted molar refractivity (Wildman–Crippen MR) is 155 cm³/mol. The van der Waals surface area contributed by atoms with Crippen LogP contribution in [0, 0.1) is 0 Å². The molecule has 1 N–H and O–H groups in total. The van der Waals surface area contributed by atoms with Crippen LogP contribution in [-0.4, -0.2) is 73.8 Å². The maximum Gasteiger partial charge on any atom is 0.249 e. The molecular weight excluding hydrogens is 512 g/mol. The first-order chi connectivity index (χ1) is 18.6. The van der Waals surface area contributed by atoms with Gasteiger partial charge in [-0.3, -0.25) is 9.69 Å². The Morgan fingerprint density at radius 2 is 1.64 bits per heavy atom. The van der Waals surface area contributed by atoms with Crippen LogP contribution in [0.15, 0.2) is 71.8 Å². The van der Waals surface area contributed by atoms with E-state index < -0.39 is 10.0 Å². The standard InChI is InChI=1S/C29H36N6O3S/c1-21(2)33-14-16-34(17-15-33)39(37,38)25-12-10-24(11-13-25)31-28-18-26-27(19-30-28)32(4)29(36)22(3)35(26)20-23-8-6-5-7-9-23/h5-13,18-19,21-22H,14-17,20H2,1-4H3,(H,30,31). The third-order valence-corrected chi connectivity index (χ3v) is 9.56. The highest BCUT2D eigenvalue weighted by Gasteiger charge is 2.34. The lowest BCUT2D eigenvalue weighted by Crippen LogP contribution is -2.50. The molecule has 5 rings (SSSR count). The smallest absolute Gasteiger partial charge is 0.249 e. The molecule has 10 heteroatoms. The highest BCUT2D eigenvalue weighted by molar-refractivity contribution is 7.89. The Kier molecular flexibility index (Phi) is 7.61. The third kappa shape index (κ3) is 5.50. The number of benzene rings is 2. The number of rotatable bonds is 7. The lowest BCUT2D eigenvalue weighted by molar-refractivity contribution is -0.119. The number of carbonyl (C=O) groups excluding carboxylic acids is 1. The number of hydrogen-bond donors (Lipinski definition) is 1. The van der Waals surface area contributed by atoms with Gasteiger partial charge in [0.25, 0.3) is 0 Å². The van der Waals surface area contributed by atoms with Crippen molar-refractivity contribution in [2.45, 2.75) is 44.3 Å². The number of aromatic nitrogens is 1. The minimum Gasteiger partial charge on any atom is -0.354 e. The van der Waals surface area contributed by atoms with Crippen LogP contribution in [0.25, 0.3) is 0 Å². The Balaban J connectivity index is 1.34.